The number of halogens is 2. The highest BCUT2D eigenvalue weighted by Crippen LogP contribution is 2.23. The lowest BCUT2D eigenvalue weighted by atomic mass is 10.1. The van der Waals surface area contributed by atoms with Gasteiger partial charge >= 0.3 is 0 Å². The van der Waals surface area contributed by atoms with Gasteiger partial charge in [-0.25, -0.2) is 4.68 Å². The molecule has 0 aliphatic heterocycles. The molecular formula is C19H17Cl2N3O2. The first-order chi connectivity index (χ1) is 12.5. The van der Waals surface area contributed by atoms with Crippen molar-refractivity contribution < 1.29 is 9.53 Å². The fourth-order valence-corrected chi connectivity index (χ4v) is 3.00. The number of rotatable bonds is 6. The topological polar surface area (TPSA) is 56.1 Å². The normalized spacial score (nSPS) is 10.6. The van der Waals surface area contributed by atoms with Crippen LogP contribution < -0.4 is 10.1 Å². The second-order valence-electron chi connectivity index (χ2n) is 5.69. The minimum absolute atomic E-state index is 0.137. The van der Waals surface area contributed by atoms with Gasteiger partial charge in [-0.2, -0.15) is 5.10 Å². The third-order valence-corrected chi connectivity index (χ3v) is 4.41. The summed E-state index contributed by atoms with van der Waals surface area (Å²) in [6.45, 7) is 0.428. The van der Waals surface area contributed by atoms with Gasteiger partial charge in [-0.1, -0.05) is 41.4 Å². The number of amides is 1. The maximum absolute atomic E-state index is 12.4. The zero-order chi connectivity index (χ0) is 18.5. The first kappa shape index (κ1) is 18.3. The van der Waals surface area contributed by atoms with E-state index in [0.717, 1.165) is 16.9 Å². The van der Waals surface area contributed by atoms with Crippen molar-refractivity contribution in [3.8, 4) is 5.75 Å². The molecule has 0 atom stereocenters. The predicted octanol–water partition coefficient (Wildman–Crippen LogP) is 4.43. The Morgan fingerprint density at radius 2 is 2.04 bits per heavy atom. The Hall–Kier alpha value is -2.50. The van der Waals surface area contributed by atoms with E-state index in [1.807, 2.05) is 30.3 Å². The molecule has 0 aliphatic carbocycles. The van der Waals surface area contributed by atoms with Gasteiger partial charge in [0.25, 0.3) is 0 Å². The van der Waals surface area contributed by atoms with E-state index in [2.05, 4.69) is 10.4 Å². The van der Waals surface area contributed by atoms with Gasteiger partial charge in [0, 0.05) is 16.1 Å². The maximum atomic E-state index is 12.4. The van der Waals surface area contributed by atoms with E-state index in [1.165, 1.54) is 0 Å². The molecule has 2 aromatic carbocycles. The first-order valence-electron chi connectivity index (χ1n) is 7.93. The Morgan fingerprint density at radius 1 is 1.19 bits per heavy atom. The molecule has 1 amide bonds. The van der Waals surface area contributed by atoms with Gasteiger partial charge in [-0.05, 0) is 35.4 Å². The van der Waals surface area contributed by atoms with Gasteiger partial charge in [0.05, 0.1) is 26.3 Å². The molecule has 1 heterocycles. The lowest BCUT2D eigenvalue weighted by Gasteiger charge is -2.11. The fraction of sp³-hybridized carbons (Fsp3) is 0.158. The summed E-state index contributed by atoms with van der Waals surface area (Å²) in [4.78, 5) is 12.4. The van der Waals surface area contributed by atoms with Crippen LogP contribution in [-0.4, -0.2) is 22.8 Å². The molecule has 0 fully saturated rings. The number of ether oxygens (including phenoxy) is 1. The maximum Gasteiger partial charge on any atom is 0.229 e. The highest BCUT2D eigenvalue weighted by molar-refractivity contribution is 6.35. The van der Waals surface area contributed by atoms with Crippen molar-refractivity contribution in [3.05, 3.63) is 75.9 Å². The van der Waals surface area contributed by atoms with Crippen molar-refractivity contribution in [2.24, 2.45) is 0 Å². The summed E-state index contributed by atoms with van der Waals surface area (Å²) in [5.41, 5.74) is 1.73. The van der Waals surface area contributed by atoms with Gasteiger partial charge in [-0.15, -0.1) is 0 Å². The summed E-state index contributed by atoms with van der Waals surface area (Å²) < 4.78 is 6.86. The number of nitrogens with one attached hydrogen (secondary N) is 1. The third kappa shape index (κ3) is 4.56. The second kappa shape index (κ2) is 8.25. The number of anilines is 1. The van der Waals surface area contributed by atoms with Crippen molar-refractivity contribution in [1.82, 2.24) is 9.78 Å². The molecule has 3 rings (SSSR count). The number of hydrogen-bond acceptors (Lipinski definition) is 3. The number of aromatic nitrogens is 2. The molecule has 1 N–H and O–H groups in total. The Morgan fingerprint density at radius 3 is 2.81 bits per heavy atom. The summed E-state index contributed by atoms with van der Waals surface area (Å²) in [7, 11) is 1.60. The van der Waals surface area contributed by atoms with Crippen LogP contribution in [0.4, 0.5) is 5.82 Å². The van der Waals surface area contributed by atoms with Crippen LogP contribution in [0.25, 0.3) is 0 Å². The molecule has 0 unspecified atom stereocenters. The van der Waals surface area contributed by atoms with Crippen LogP contribution in [0, 0.1) is 0 Å². The zero-order valence-corrected chi connectivity index (χ0v) is 15.6. The van der Waals surface area contributed by atoms with Gasteiger partial charge in [0.2, 0.25) is 5.91 Å². The molecule has 134 valence electrons. The molecule has 0 radical (unpaired) electrons. The fourth-order valence-electron chi connectivity index (χ4n) is 2.53. The third-order valence-electron chi connectivity index (χ3n) is 3.82. The van der Waals surface area contributed by atoms with Gasteiger partial charge in [0.1, 0.15) is 11.6 Å². The summed E-state index contributed by atoms with van der Waals surface area (Å²) in [5, 5.41) is 8.26. The van der Waals surface area contributed by atoms with E-state index in [4.69, 9.17) is 27.9 Å². The van der Waals surface area contributed by atoms with Gasteiger partial charge in [0.15, 0.2) is 0 Å². The van der Waals surface area contributed by atoms with Gasteiger partial charge in [-0.3, -0.25) is 4.79 Å². The second-order valence-corrected chi connectivity index (χ2v) is 6.53. The average Bonchev–Trinajstić information content (AvgIpc) is 3.04. The number of methoxy groups -OCH3 is 1. The molecular weight excluding hydrogens is 373 g/mol. The van der Waals surface area contributed by atoms with Crippen molar-refractivity contribution in [2.75, 3.05) is 12.4 Å². The van der Waals surface area contributed by atoms with E-state index in [-0.39, 0.29) is 12.3 Å². The molecule has 0 spiro atoms. The summed E-state index contributed by atoms with van der Waals surface area (Å²) in [6.07, 6.45) is 1.87. The summed E-state index contributed by atoms with van der Waals surface area (Å²) in [5.74, 6) is 1.18. The quantitative estimate of drug-likeness (QED) is 0.678. The molecule has 26 heavy (non-hydrogen) atoms. The van der Waals surface area contributed by atoms with Crippen molar-refractivity contribution in [3.63, 3.8) is 0 Å². The Labute approximate surface area is 161 Å². The molecule has 3 aromatic rings. The van der Waals surface area contributed by atoms with E-state index in [1.54, 1.807) is 36.2 Å². The first-order valence-corrected chi connectivity index (χ1v) is 8.69. The standard InChI is InChI=1S/C19H17Cl2N3O2/c1-26-16-4-2-3-13(9-16)10-19(25)23-18-7-8-22-24(18)12-14-5-6-15(20)11-17(14)21/h2-9,11H,10,12H2,1H3,(H,23,25). The van der Waals surface area contributed by atoms with Crippen LogP contribution >= 0.6 is 23.2 Å². The SMILES string of the molecule is COc1cccc(CC(=O)Nc2ccnn2Cc2ccc(Cl)cc2Cl)c1. The van der Waals surface area contributed by atoms with Crippen LogP contribution in [0.15, 0.2) is 54.7 Å². The zero-order valence-electron chi connectivity index (χ0n) is 14.1. The Bertz CT molecular complexity index is 925. The van der Waals surface area contributed by atoms with Crippen LogP contribution in [-0.2, 0) is 17.8 Å². The number of benzene rings is 2. The van der Waals surface area contributed by atoms with Crippen LogP contribution in [0.5, 0.6) is 5.75 Å². The van der Waals surface area contributed by atoms with E-state index >= 15 is 0 Å². The van der Waals surface area contributed by atoms with E-state index < -0.39 is 0 Å². The molecule has 0 saturated heterocycles. The molecule has 0 aliphatic rings. The predicted molar refractivity (Wildman–Crippen MR) is 103 cm³/mol. The number of carbonyl (C=O) groups excluding carboxylic acids is 1. The van der Waals surface area contributed by atoms with E-state index in [9.17, 15) is 4.79 Å². The smallest absolute Gasteiger partial charge is 0.229 e. The average molecular weight is 390 g/mol. The lowest BCUT2D eigenvalue weighted by Crippen LogP contribution is -2.18. The largest absolute Gasteiger partial charge is 0.497 e. The number of hydrogen-bond donors (Lipinski definition) is 1. The minimum Gasteiger partial charge on any atom is -0.497 e. The Balaban J connectivity index is 1.69. The molecule has 7 heteroatoms. The summed E-state index contributed by atoms with van der Waals surface area (Å²) >= 11 is 12.1. The Kier molecular flexibility index (Phi) is 5.81. The molecule has 5 nitrogen and oxygen atoms in total. The van der Waals surface area contributed by atoms with Gasteiger partial charge < -0.3 is 10.1 Å². The monoisotopic (exact) mass is 389 g/mol. The summed E-state index contributed by atoms with van der Waals surface area (Å²) in [6, 6.07) is 14.5. The van der Waals surface area contributed by atoms with Crippen molar-refractivity contribution in [2.45, 2.75) is 13.0 Å². The highest BCUT2D eigenvalue weighted by Gasteiger charge is 2.11. The molecule has 0 bridgehead atoms. The van der Waals surface area contributed by atoms with Crippen LogP contribution in [0.1, 0.15) is 11.1 Å². The van der Waals surface area contributed by atoms with E-state index in [0.29, 0.717) is 22.4 Å². The molecule has 1 aromatic heterocycles. The molecule has 0 saturated carbocycles. The van der Waals surface area contributed by atoms with Crippen molar-refractivity contribution >= 4 is 34.9 Å². The minimum atomic E-state index is -0.137. The van der Waals surface area contributed by atoms with Crippen LogP contribution in [0.2, 0.25) is 10.0 Å². The lowest BCUT2D eigenvalue weighted by molar-refractivity contribution is -0.115. The number of carbonyl (C=O) groups is 1. The highest BCUT2D eigenvalue weighted by atomic mass is 35.5. The van der Waals surface area contributed by atoms with Crippen LogP contribution in [0.3, 0.4) is 0 Å². The number of nitrogens with zero attached hydrogens (tertiary/aromatic N) is 2. The van der Waals surface area contributed by atoms with Crippen molar-refractivity contribution in [1.29, 1.82) is 0 Å².